The molecule has 3 atom stereocenters. The molecule has 1 N–H and O–H groups in total. The van der Waals surface area contributed by atoms with Gasteiger partial charge in [-0.15, -0.1) is 12.6 Å². The van der Waals surface area contributed by atoms with Gasteiger partial charge in [-0.2, -0.15) is 17.5 Å². The summed E-state index contributed by atoms with van der Waals surface area (Å²) in [5.74, 6) is 0.377. The first-order chi connectivity index (χ1) is 19.1. The topological polar surface area (TPSA) is 98.2 Å². The summed E-state index contributed by atoms with van der Waals surface area (Å²) in [6.07, 6.45) is -2.96. The van der Waals surface area contributed by atoms with Crippen molar-refractivity contribution < 1.29 is 35.1 Å². The van der Waals surface area contributed by atoms with E-state index >= 15 is 0 Å². The number of benzene rings is 2. The summed E-state index contributed by atoms with van der Waals surface area (Å²) in [5, 5.41) is 10.1. The van der Waals surface area contributed by atoms with Crippen molar-refractivity contribution in [1.29, 1.82) is 0 Å². The molecule has 14 heteroatoms. The zero-order valence-electron chi connectivity index (χ0n) is 22.5. The van der Waals surface area contributed by atoms with Crippen molar-refractivity contribution in [1.82, 2.24) is 9.21 Å². The second kappa shape index (κ2) is 11.0. The van der Waals surface area contributed by atoms with E-state index in [2.05, 4.69) is 17.5 Å². The molecule has 2 aromatic rings. The summed E-state index contributed by atoms with van der Waals surface area (Å²) in [4.78, 5) is 4.53. The highest BCUT2D eigenvalue weighted by molar-refractivity contribution is 7.91. The normalized spacial score (nSPS) is 26.0. The maximum Gasteiger partial charge on any atom is 0.421 e. The number of piperazine rings is 1. The maximum atomic E-state index is 13.6. The van der Waals surface area contributed by atoms with Crippen molar-refractivity contribution in [2.45, 2.75) is 53.4 Å². The van der Waals surface area contributed by atoms with E-state index < -0.39 is 37.7 Å². The van der Waals surface area contributed by atoms with Gasteiger partial charge in [0.05, 0.1) is 22.4 Å². The molecule has 41 heavy (non-hydrogen) atoms. The van der Waals surface area contributed by atoms with Crippen LogP contribution >= 0.6 is 12.6 Å². The van der Waals surface area contributed by atoms with Crippen LogP contribution in [-0.4, -0.2) is 93.6 Å². The number of sulfonamides is 1. The molecule has 0 radical (unpaired) electrons. The van der Waals surface area contributed by atoms with Gasteiger partial charge in [0, 0.05) is 49.3 Å². The van der Waals surface area contributed by atoms with E-state index in [-0.39, 0.29) is 53.6 Å². The lowest BCUT2D eigenvalue weighted by Crippen LogP contribution is -2.61. The first-order valence-corrected chi connectivity index (χ1v) is 17.2. The molecule has 0 aromatic heterocycles. The summed E-state index contributed by atoms with van der Waals surface area (Å²) in [6, 6.07) is 11.4. The van der Waals surface area contributed by atoms with E-state index in [1.54, 1.807) is 18.2 Å². The van der Waals surface area contributed by atoms with Crippen LogP contribution in [0.25, 0.3) is 0 Å². The fraction of sp³-hybridized carbons (Fsp3) is 0.556. The number of hydrogen-bond acceptors (Lipinski definition) is 8. The zero-order valence-corrected chi connectivity index (χ0v) is 25.1. The molecule has 1 aliphatic carbocycles. The Balaban J connectivity index is 1.45. The number of rotatable bonds is 7. The van der Waals surface area contributed by atoms with Crippen LogP contribution in [0.15, 0.2) is 58.3 Å². The van der Waals surface area contributed by atoms with Crippen molar-refractivity contribution in [2.75, 3.05) is 49.1 Å². The van der Waals surface area contributed by atoms with Gasteiger partial charge in [-0.1, -0.05) is 24.3 Å². The molecule has 0 bridgehead atoms. The molecular formula is C27H34F3N3O5S3. The molecule has 0 unspecified atom stereocenters. The maximum absolute atomic E-state index is 13.6. The second-order valence-corrected chi connectivity index (χ2v) is 15.9. The van der Waals surface area contributed by atoms with Gasteiger partial charge in [0.2, 0.25) is 10.0 Å². The Morgan fingerprint density at radius 1 is 1.02 bits per heavy atom. The molecule has 1 saturated carbocycles. The first-order valence-electron chi connectivity index (χ1n) is 13.5. The van der Waals surface area contributed by atoms with Crippen LogP contribution in [0.1, 0.15) is 25.3 Å². The van der Waals surface area contributed by atoms with Crippen LogP contribution in [0.4, 0.5) is 18.9 Å². The quantitative estimate of drug-likeness (QED) is 0.453. The summed E-state index contributed by atoms with van der Waals surface area (Å²) in [5.41, 5.74) is -2.72. The Hall–Kier alpha value is -1.84. The van der Waals surface area contributed by atoms with Gasteiger partial charge in [0.15, 0.2) is 15.4 Å². The number of aliphatic hydroxyl groups is 1. The molecule has 2 aromatic carbocycles. The molecule has 2 heterocycles. The predicted molar refractivity (Wildman–Crippen MR) is 152 cm³/mol. The third-order valence-electron chi connectivity index (χ3n) is 8.44. The summed E-state index contributed by atoms with van der Waals surface area (Å²) in [6.45, 7) is 1.96. The van der Waals surface area contributed by atoms with E-state index in [0.29, 0.717) is 30.6 Å². The van der Waals surface area contributed by atoms with Crippen molar-refractivity contribution >= 4 is 38.2 Å². The largest absolute Gasteiger partial charge is 0.421 e. The molecule has 3 aliphatic rings. The van der Waals surface area contributed by atoms with E-state index in [1.807, 2.05) is 4.90 Å². The number of sulfone groups is 1. The number of anilines is 1. The van der Waals surface area contributed by atoms with Gasteiger partial charge >= 0.3 is 6.18 Å². The van der Waals surface area contributed by atoms with Crippen LogP contribution in [0.2, 0.25) is 0 Å². The highest BCUT2D eigenvalue weighted by atomic mass is 32.2. The van der Waals surface area contributed by atoms with E-state index in [4.69, 9.17) is 0 Å². The Bertz CT molecular complexity index is 1480. The fourth-order valence-corrected chi connectivity index (χ4v) is 9.52. The molecule has 2 aliphatic heterocycles. The average Bonchev–Trinajstić information content (AvgIpc) is 3.75. The van der Waals surface area contributed by atoms with Crippen LogP contribution in [0.3, 0.4) is 0 Å². The van der Waals surface area contributed by atoms with Crippen molar-refractivity contribution in [3.63, 3.8) is 0 Å². The van der Waals surface area contributed by atoms with Crippen molar-refractivity contribution in [2.24, 2.45) is 5.92 Å². The first kappa shape index (κ1) is 30.6. The minimum atomic E-state index is -4.85. The second-order valence-electron chi connectivity index (χ2n) is 11.3. The summed E-state index contributed by atoms with van der Waals surface area (Å²) < 4.78 is 93.8. The lowest BCUT2D eigenvalue weighted by atomic mass is 9.95. The standard InChI is InChI=1S/C27H34F3N3O5S3/c1-26(34,27(28,29)30)20-8-10-21(11-9-20)33-13-12-32(41(37,38)25-5-3-2-4-24(25)39)17-22(33)16-31-14-15-40(35,36)18-23(31)19-6-7-19/h2-5,8-11,19,22-23,34,39H,6-7,12-18H2,1H3/t22-,23+,26-/m0/s1. The highest BCUT2D eigenvalue weighted by Gasteiger charge is 2.51. The number of thiol groups is 1. The Morgan fingerprint density at radius 3 is 2.29 bits per heavy atom. The molecule has 2 saturated heterocycles. The smallest absolute Gasteiger partial charge is 0.376 e. The molecule has 0 amide bonds. The Labute approximate surface area is 244 Å². The van der Waals surface area contributed by atoms with Crippen LogP contribution in [0.5, 0.6) is 0 Å². The fourth-order valence-electron chi connectivity index (χ4n) is 5.78. The predicted octanol–water partition coefficient (Wildman–Crippen LogP) is 3.13. The SMILES string of the molecule is C[C@](O)(c1ccc(N2CCN(S(=O)(=O)c3ccccc3S)C[C@@H]2CN2CCS(=O)(=O)C[C@@H]2C2CC2)cc1)C(F)(F)F. The number of hydrogen-bond donors (Lipinski definition) is 2. The highest BCUT2D eigenvalue weighted by Crippen LogP contribution is 2.40. The van der Waals surface area contributed by atoms with E-state index in [9.17, 15) is 35.1 Å². The number of halogens is 3. The molecule has 0 spiro atoms. The number of alkyl halides is 3. The zero-order chi connectivity index (χ0) is 29.8. The van der Waals surface area contributed by atoms with E-state index in [1.165, 1.54) is 34.6 Å². The van der Waals surface area contributed by atoms with E-state index in [0.717, 1.165) is 12.8 Å². The van der Waals surface area contributed by atoms with Crippen LogP contribution in [-0.2, 0) is 25.5 Å². The summed E-state index contributed by atoms with van der Waals surface area (Å²) in [7, 11) is -7.06. The number of nitrogens with zero attached hydrogens (tertiary/aromatic N) is 3. The lowest BCUT2D eigenvalue weighted by molar-refractivity contribution is -0.258. The lowest BCUT2D eigenvalue weighted by Gasteiger charge is -2.46. The Kier molecular flexibility index (Phi) is 8.23. The molecule has 5 rings (SSSR count). The minimum absolute atomic E-state index is 0.0270. The van der Waals surface area contributed by atoms with Gasteiger partial charge < -0.3 is 10.0 Å². The molecule has 226 valence electrons. The third kappa shape index (κ3) is 6.28. The Morgan fingerprint density at radius 2 is 1.68 bits per heavy atom. The van der Waals surface area contributed by atoms with Gasteiger partial charge in [0.25, 0.3) is 0 Å². The van der Waals surface area contributed by atoms with Gasteiger partial charge in [-0.05, 0) is 55.5 Å². The third-order valence-corrected chi connectivity index (χ3v) is 12.6. The molecule has 8 nitrogen and oxygen atoms in total. The molecule has 3 fully saturated rings. The minimum Gasteiger partial charge on any atom is -0.376 e. The van der Waals surface area contributed by atoms with Crippen molar-refractivity contribution in [3.05, 3.63) is 54.1 Å². The monoisotopic (exact) mass is 633 g/mol. The molecular weight excluding hydrogens is 600 g/mol. The van der Waals surface area contributed by atoms with Crippen molar-refractivity contribution in [3.8, 4) is 0 Å². The van der Waals surface area contributed by atoms with Gasteiger partial charge in [-0.3, -0.25) is 4.90 Å². The average molecular weight is 634 g/mol. The van der Waals surface area contributed by atoms with Gasteiger partial charge in [0.1, 0.15) is 0 Å². The van der Waals surface area contributed by atoms with Gasteiger partial charge in [-0.25, -0.2) is 16.8 Å². The van der Waals surface area contributed by atoms with Crippen LogP contribution < -0.4 is 4.90 Å². The van der Waals surface area contributed by atoms with Crippen LogP contribution in [0, 0.1) is 5.92 Å². The summed E-state index contributed by atoms with van der Waals surface area (Å²) >= 11 is 4.34.